The predicted molar refractivity (Wildman–Crippen MR) is 89.3 cm³/mol. The molecule has 2 heteroatoms. The van der Waals surface area contributed by atoms with Crippen LogP contribution in [0.15, 0.2) is 18.2 Å². The van der Waals surface area contributed by atoms with Gasteiger partial charge in [-0.05, 0) is 58.8 Å². The number of hydrogen-bond donors (Lipinski definition) is 1. The molecule has 0 spiro atoms. The van der Waals surface area contributed by atoms with Crippen LogP contribution in [-0.2, 0) is 0 Å². The van der Waals surface area contributed by atoms with Gasteiger partial charge in [-0.25, -0.2) is 0 Å². The first-order valence-electron chi connectivity index (χ1n) is 7.83. The molecule has 0 saturated carbocycles. The molecule has 2 nitrogen and oxygen atoms in total. The van der Waals surface area contributed by atoms with Gasteiger partial charge in [0, 0.05) is 18.1 Å². The molecule has 1 N–H and O–H groups in total. The summed E-state index contributed by atoms with van der Waals surface area (Å²) in [6.07, 6.45) is 1.16. The first-order valence-corrected chi connectivity index (χ1v) is 7.83. The Bertz CT molecular complexity index is 423. The van der Waals surface area contributed by atoms with E-state index in [1.165, 1.54) is 16.7 Å². The standard InChI is InChI=1S/C18H32N2/c1-8-18(5,6)20(7)13-17(19-9-2)16-11-10-14(3)12-15(16)4/h10-12,17,19H,8-9,13H2,1-7H3. The predicted octanol–water partition coefficient (Wildman–Crippen LogP) is 4.07. The molecular weight excluding hydrogens is 244 g/mol. The fourth-order valence-corrected chi connectivity index (χ4v) is 2.53. The summed E-state index contributed by atoms with van der Waals surface area (Å²) in [7, 11) is 2.23. The van der Waals surface area contributed by atoms with Gasteiger partial charge in [-0.15, -0.1) is 0 Å². The molecule has 1 rings (SSSR count). The molecule has 0 aliphatic heterocycles. The third-order valence-electron chi connectivity index (χ3n) is 4.61. The topological polar surface area (TPSA) is 15.3 Å². The van der Waals surface area contributed by atoms with Crippen molar-refractivity contribution in [3.8, 4) is 0 Å². The summed E-state index contributed by atoms with van der Waals surface area (Å²) in [4.78, 5) is 2.47. The fraction of sp³-hybridized carbons (Fsp3) is 0.667. The van der Waals surface area contributed by atoms with E-state index in [1.54, 1.807) is 0 Å². The lowest BCUT2D eigenvalue weighted by atomic mass is 9.95. The van der Waals surface area contributed by atoms with Crippen LogP contribution >= 0.6 is 0 Å². The van der Waals surface area contributed by atoms with Crippen LogP contribution in [0.25, 0.3) is 0 Å². The molecule has 0 aliphatic rings. The van der Waals surface area contributed by atoms with E-state index < -0.39 is 0 Å². The quantitative estimate of drug-likeness (QED) is 0.807. The van der Waals surface area contributed by atoms with Crippen LogP contribution in [0.4, 0.5) is 0 Å². The molecule has 0 saturated heterocycles. The molecule has 0 aliphatic carbocycles. The van der Waals surface area contributed by atoms with Gasteiger partial charge in [0.15, 0.2) is 0 Å². The van der Waals surface area contributed by atoms with E-state index >= 15 is 0 Å². The van der Waals surface area contributed by atoms with Gasteiger partial charge in [0.1, 0.15) is 0 Å². The monoisotopic (exact) mass is 276 g/mol. The third kappa shape index (κ3) is 4.32. The van der Waals surface area contributed by atoms with Gasteiger partial charge >= 0.3 is 0 Å². The Morgan fingerprint density at radius 2 is 1.85 bits per heavy atom. The van der Waals surface area contributed by atoms with Gasteiger partial charge in [-0.1, -0.05) is 37.6 Å². The second kappa shape index (κ2) is 7.24. The molecule has 114 valence electrons. The van der Waals surface area contributed by atoms with E-state index in [4.69, 9.17) is 0 Å². The summed E-state index contributed by atoms with van der Waals surface area (Å²) in [5.74, 6) is 0. The highest BCUT2D eigenvalue weighted by atomic mass is 15.2. The fourth-order valence-electron chi connectivity index (χ4n) is 2.53. The van der Waals surface area contributed by atoms with Crippen molar-refractivity contribution in [3.05, 3.63) is 34.9 Å². The number of hydrogen-bond acceptors (Lipinski definition) is 2. The minimum Gasteiger partial charge on any atom is -0.309 e. The zero-order valence-electron chi connectivity index (χ0n) is 14.4. The average molecular weight is 276 g/mol. The van der Waals surface area contributed by atoms with Crippen molar-refractivity contribution < 1.29 is 0 Å². The maximum atomic E-state index is 3.64. The van der Waals surface area contributed by atoms with Crippen molar-refractivity contribution in [2.24, 2.45) is 0 Å². The second-order valence-electron chi connectivity index (χ2n) is 6.52. The van der Waals surface area contributed by atoms with E-state index in [0.29, 0.717) is 6.04 Å². The zero-order chi connectivity index (χ0) is 15.3. The highest BCUT2D eigenvalue weighted by molar-refractivity contribution is 5.33. The molecule has 1 aromatic rings. The minimum atomic E-state index is 0.242. The molecule has 0 heterocycles. The number of nitrogens with zero attached hydrogens (tertiary/aromatic N) is 1. The van der Waals surface area contributed by atoms with E-state index in [9.17, 15) is 0 Å². The summed E-state index contributed by atoms with van der Waals surface area (Å²) < 4.78 is 0. The Labute approximate surface area is 125 Å². The summed E-state index contributed by atoms with van der Waals surface area (Å²) in [5, 5.41) is 3.64. The van der Waals surface area contributed by atoms with Crippen molar-refractivity contribution in [1.82, 2.24) is 10.2 Å². The van der Waals surface area contributed by atoms with Gasteiger partial charge in [0.05, 0.1) is 0 Å². The number of nitrogens with one attached hydrogen (secondary N) is 1. The van der Waals surface area contributed by atoms with Crippen molar-refractivity contribution in [3.63, 3.8) is 0 Å². The van der Waals surface area contributed by atoms with Gasteiger partial charge in [0.25, 0.3) is 0 Å². The number of aryl methyl sites for hydroxylation is 2. The number of likely N-dealkylation sites (N-methyl/N-ethyl adjacent to an activating group) is 2. The van der Waals surface area contributed by atoms with Crippen LogP contribution in [0.2, 0.25) is 0 Å². The molecule has 0 radical (unpaired) electrons. The van der Waals surface area contributed by atoms with Crippen LogP contribution in [0, 0.1) is 13.8 Å². The van der Waals surface area contributed by atoms with Crippen molar-refractivity contribution in [1.29, 1.82) is 0 Å². The van der Waals surface area contributed by atoms with Crippen LogP contribution < -0.4 is 5.32 Å². The molecule has 0 aromatic heterocycles. The van der Waals surface area contributed by atoms with Crippen LogP contribution in [0.5, 0.6) is 0 Å². The summed E-state index contributed by atoms with van der Waals surface area (Å²) in [5.41, 5.74) is 4.39. The van der Waals surface area contributed by atoms with E-state index in [-0.39, 0.29) is 5.54 Å². The first kappa shape index (κ1) is 17.2. The Morgan fingerprint density at radius 3 is 2.35 bits per heavy atom. The van der Waals surface area contributed by atoms with Crippen molar-refractivity contribution in [2.45, 2.75) is 59.5 Å². The highest BCUT2D eigenvalue weighted by Crippen LogP contribution is 2.24. The molecule has 0 fully saturated rings. The Morgan fingerprint density at radius 1 is 1.20 bits per heavy atom. The lowest BCUT2D eigenvalue weighted by Gasteiger charge is -2.37. The van der Waals surface area contributed by atoms with Crippen molar-refractivity contribution >= 4 is 0 Å². The third-order valence-corrected chi connectivity index (χ3v) is 4.61. The molecule has 1 unspecified atom stereocenters. The number of rotatable bonds is 7. The lowest BCUT2D eigenvalue weighted by molar-refractivity contribution is 0.135. The average Bonchev–Trinajstić information content (AvgIpc) is 2.38. The van der Waals surface area contributed by atoms with Gasteiger partial charge in [-0.3, -0.25) is 4.90 Å². The summed E-state index contributed by atoms with van der Waals surface area (Å²) in [6, 6.07) is 7.18. The molecular formula is C18H32N2. The second-order valence-corrected chi connectivity index (χ2v) is 6.52. The van der Waals surface area contributed by atoms with Crippen LogP contribution in [0.1, 0.15) is 56.8 Å². The van der Waals surface area contributed by atoms with Crippen LogP contribution in [0.3, 0.4) is 0 Å². The molecule has 0 amide bonds. The molecule has 1 aromatic carbocycles. The summed E-state index contributed by atoms with van der Waals surface area (Å²) in [6.45, 7) is 15.5. The normalized spacial score (nSPS) is 13.8. The molecule has 0 bridgehead atoms. The number of benzene rings is 1. The SMILES string of the molecule is CCNC(CN(C)C(C)(C)CC)c1ccc(C)cc1C. The van der Waals surface area contributed by atoms with Gasteiger partial charge in [-0.2, -0.15) is 0 Å². The Balaban J connectivity index is 2.94. The Kier molecular flexibility index (Phi) is 6.22. The van der Waals surface area contributed by atoms with Gasteiger partial charge in [0.2, 0.25) is 0 Å². The lowest BCUT2D eigenvalue weighted by Crippen LogP contribution is -2.45. The molecule has 20 heavy (non-hydrogen) atoms. The van der Waals surface area contributed by atoms with E-state index in [0.717, 1.165) is 19.5 Å². The van der Waals surface area contributed by atoms with E-state index in [2.05, 4.69) is 77.0 Å². The summed E-state index contributed by atoms with van der Waals surface area (Å²) >= 11 is 0. The first-order chi connectivity index (χ1) is 9.31. The van der Waals surface area contributed by atoms with Gasteiger partial charge < -0.3 is 5.32 Å². The smallest absolute Gasteiger partial charge is 0.0451 e. The zero-order valence-corrected chi connectivity index (χ0v) is 14.4. The largest absolute Gasteiger partial charge is 0.309 e. The maximum Gasteiger partial charge on any atom is 0.0451 e. The maximum absolute atomic E-state index is 3.64. The van der Waals surface area contributed by atoms with Crippen LogP contribution in [-0.4, -0.2) is 30.6 Å². The minimum absolute atomic E-state index is 0.242. The van der Waals surface area contributed by atoms with Crippen molar-refractivity contribution in [2.75, 3.05) is 20.1 Å². The Hall–Kier alpha value is -0.860. The van der Waals surface area contributed by atoms with E-state index in [1.807, 2.05) is 0 Å². The molecule has 1 atom stereocenters. The highest BCUT2D eigenvalue weighted by Gasteiger charge is 2.24.